The summed E-state index contributed by atoms with van der Waals surface area (Å²) in [5.74, 6) is 1.61. The van der Waals surface area contributed by atoms with E-state index in [1.165, 1.54) is 0 Å². The lowest BCUT2D eigenvalue weighted by molar-refractivity contribution is -0.132. The number of aromatic amines is 1. The monoisotopic (exact) mass is 645 g/mol. The van der Waals surface area contributed by atoms with E-state index >= 15 is 0 Å². The van der Waals surface area contributed by atoms with Crippen LogP contribution in [0.4, 0.5) is 11.5 Å². The lowest BCUT2D eigenvalue weighted by Crippen LogP contribution is -2.45. The van der Waals surface area contributed by atoms with E-state index in [0.717, 1.165) is 57.4 Å². The molecule has 3 aromatic heterocycles. The normalized spacial score (nSPS) is 20.9. The number of ether oxygens (including phenoxy) is 1. The van der Waals surface area contributed by atoms with Gasteiger partial charge in [0, 0.05) is 68.9 Å². The SMILES string of the molecule is CS[C@@]1(C(=O)Nc2ccc3[nH]nc(N4CCOCC4)c3c2)CCN(CC(=O)N2CC=C(c3ncc(-c4ncccn4)s3)CC2)C1. The molecule has 1 aromatic carbocycles. The number of rotatable bonds is 8. The number of hydrogen-bond acceptors (Lipinski definition) is 11. The minimum Gasteiger partial charge on any atom is -0.378 e. The van der Waals surface area contributed by atoms with Crippen molar-refractivity contribution in [3.05, 3.63) is 53.9 Å². The first-order valence-electron chi connectivity index (χ1n) is 15.1. The molecule has 12 nitrogen and oxygen atoms in total. The molecular weight excluding hydrogens is 611 g/mol. The summed E-state index contributed by atoms with van der Waals surface area (Å²) < 4.78 is 4.87. The summed E-state index contributed by atoms with van der Waals surface area (Å²) in [7, 11) is 0. The van der Waals surface area contributed by atoms with Gasteiger partial charge in [-0.3, -0.25) is 19.6 Å². The van der Waals surface area contributed by atoms with Crippen molar-refractivity contribution in [1.82, 2.24) is 34.9 Å². The van der Waals surface area contributed by atoms with E-state index in [1.807, 2.05) is 35.6 Å². The Morgan fingerprint density at radius 1 is 1.13 bits per heavy atom. The van der Waals surface area contributed by atoms with Crippen LogP contribution in [-0.4, -0.2) is 117 Å². The molecule has 0 unspecified atom stereocenters. The third-order valence-electron chi connectivity index (χ3n) is 8.71. The number of carbonyl (C=O) groups is 2. The number of H-pyrrole nitrogens is 1. The highest BCUT2D eigenvalue weighted by molar-refractivity contribution is 8.00. The van der Waals surface area contributed by atoms with Gasteiger partial charge < -0.3 is 19.9 Å². The van der Waals surface area contributed by atoms with Crippen molar-refractivity contribution in [2.45, 2.75) is 17.6 Å². The second kappa shape index (κ2) is 12.9. The fraction of sp³-hybridized carbons (Fsp3) is 0.419. The smallest absolute Gasteiger partial charge is 0.241 e. The second-order valence-electron chi connectivity index (χ2n) is 11.4. The molecule has 0 radical (unpaired) electrons. The number of morpholine rings is 1. The van der Waals surface area contributed by atoms with Crippen LogP contribution in [-0.2, 0) is 14.3 Å². The fourth-order valence-electron chi connectivity index (χ4n) is 6.11. The van der Waals surface area contributed by atoms with E-state index in [-0.39, 0.29) is 11.8 Å². The summed E-state index contributed by atoms with van der Waals surface area (Å²) in [5.41, 5.74) is 2.82. The van der Waals surface area contributed by atoms with Crippen molar-refractivity contribution in [3.63, 3.8) is 0 Å². The molecule has 0 aliphatic carbocycles. The average molecular weight is 646 g/mol. The first kappa shape index (κ1) is 29.8. The van der Waals surface area contributed by atoms with Crippen LogP contribution in [0.2, 0.25) is 0 Å². The lowest BCUT2D eigenvalue weighted by Gasteiger charge is -2.29. The first-order chi connectivity index (χ1) is 22.0. The highest BCUT2D eigenvalue weighted by Gasteiger charge is 2.44. The van der Waals surface area contributed by atoms with Crippen LogP contribution < -0.4 is 10.2 Å². The zero-order valence-corrected chi connectivity index (χ0v) is 26.7. The molecule has 2 N–H and O–H groups in total. The Hall–Kier alpha value is -3.85. The highest BCUT2D eigenvalue weighted by atomic mass is 32.2. The Kier molecular flexibility index (Phi) is 8.53. The molecule has 6 heterocycles. The largest absolute Gasteiger partial charge is 0.378 e. The molecule has 14 heteroatoms. The van der Waals surface area contributed by atoms with Gasteiger partial charge in [0.15, 0.2) is 11.6 Å². The maximum atomic E-state index is 13.7. The molecule has 0 bridgehead atoms. The number of aromatic nitrogens is 5. The van der Waals surface area contributed by atoms with Crippen LogP contribution in [0, 0.1) is 0 Å². The standard InChI is InChI=1S/C31H35N9O3S2/c1-44-31(30(42)35-22-3-4-24-23(17-22)28(37-36-24)40-13-15-43-16-14-40)7-12-38(20-31)19-26(41)39-10-5-21(6-11-39)29-34-18-25(45-29)27-32-8-2-9-33-27/h2-5,8-9,17-18H,6-7,10-16,19-20H2,1H3,(H,35,42)(H,36,37)/t31-/m0/s1. The summed E-state index contributed by atoms with van der Waals surface area (Å²) >= 11 is 3.13. The van der Waals surface area contributed by atoms with Crippen molar-refractivity contribution < 1.29 is 14.3 Å². The van der Waals surface area contributed by atoms with Crippen molar-refractivity contribution >= 4 is 62.9 Å². The molecule has 0 spiro atoms. The number of benzene rings is 1. The molecule has 3 aliphatic rings. The van der Waals surface area contributed by atoms with Crippen molar-refractivity contribution in [3.8, 4) is 10.7 Å². The highest BCUT2D eigenvalue weighted by Crippen LogP contribution is 2.36. The number of anilines is 2. The molecule has 4 aromatic rings. The Bertz CT molecular complexity index is 1720. The van der Waals surface area contributed by atoms with Crippen LogP contribution >= 0.6 is 23.1 Å². The third kappa shape index (κ3) is 6.19. The zero-order chi connectivity index (χ0) is 30.8. The quantitative estimate of drug-likeness (QED) is 0.294. The predicted octanol–water partition coefficient (Wildman–Crippen LogP) is 3.37. The van der Waals surface area contributed by atoms with Gasteiger partial charge in [-0.05, 0) is 48.9 Å². The molecule has 3 aliphatic heterocycles. The lowest BCUT2D eigenvalue weighted by atomic mass is 10.1. The third-order valence-corrected chi connectivity index (χ3v) is 11.1. The second-order valence-corrected chi connectivity index (χ2v) is 13.7. The van der Waals surface area contributed by atoms with Crippen LogP contribution in [0.1, 0.15) is 17.8 Å². The van der Waals surface area contributed by atoms with E-state index in [0.29, 0.717) is 58.2 Å². The number of carbonyl (C=O) groups excluding carboxylic acids is 2. The summed E-state index contributed by atoms with van der Waals surface area (Å²) in [6.45, 7) is 5.64. The minimum absolute atomic E-state index is 0.0324. The van der Waals surface area contributed by atoms with Crippen LogP contribution in [0.15, 0.2) is 48.9 Å². The van der Waals surface area contributed by atoms with Crippen LogP contribution in [0.5, 0.6) is 0 Å². The van der Waals surface area contributed by atoms with Gasteiger partial charge in [-0.2, -0.15) is 5.10 Å². The van der Waals surface area contributed by atoms with E-state index < -0.39 is 4.75 Å². The van der Waals surface area contributed by atoms with Gasteiger partial charge in [-0.25, -0.2) is 15.0 Å². The minimum atomic E-state index is -0.626. The van der Waals surface area contributed by atoms with Crippen LogP contribution in [0.25, 0.3) is 27.2 Å². The molecule has 7 rings (SSSR count). The van der Waals surface area contributed by atoms with E-state index in [9.17, 15) is 9.59 Å². The topological polar surface area (TPSA) is 132 Å². The summed E-state index contributed by atoms with van der Waals surface area (Å²) in [6, 6.07) is 7.65. The van der Waals surface area contributed by atoms with Gasteiger partial charge in [0.25, 0.3) is 0 Å². The Labute approximate surface area is 269 Å². The number of thiazole rings is 1. The van der Waals surface area contributed by atoms with E-state index in [2.05, 4.69) is 46.3 Å². The predicted molar refractivity (Wildman–Crippen MR) is 177 cm³/mol. The number of hydrogen-bond donors (Lipinski definition) is 2. The summed E-state index contributed by atoms with van der Waals surface area (Å²) in [4.78, 5) is 47.4. The number of nitrogens with one attached hydrogen (secondary N) is 2. The fourth-order valence-corrected chi connectivity index (χ4v) is 7.89. The van der Waals surface area contributed by atoms with Gasteiger partial charge >= 0.3 is 0 Å². The maximum Gasteiger partial charge on any atom is 0.241 e. The molecule has 0 saturated carbocycles. The van der Waals surface area contributed by atoms with E-state index in [1.54, 1.807) is 41.6 Å². The van der Waals surface area contributed by atoms with Crippen molar-refractivity contribution in [2.75, 3.05) is 75.5 Å². The zero-order valence-electron chi connectivity index (χ0n) is 25.1. The summed E-state index contributed by atoms with van der Waals surface area (Å²) in [5, 5.41) is 12.7. The Balaban J connectivity index is 0.954. The van der Waals surface area contributed by atoms with Gasteiger partial charge in [0.2, 0.25) is 11.8 Å². The average Bonchev–Trinajstić information content (AvgIpc) is 3.85. The number of thioether (sulfide) groups is 1. The number of nitrogens with zero attached hydrogens (tertiary/aromatic N) is 7. The summed E-state index contributed by atoms with van der Waals surface area (Å²) in [6.07, 6.45) is 10.8. The maximum absolute atomic E-state index is 13.7. The number of fused-ring (bicyclic) bond motifs is 1. The van der Waals surface area contributed by atoms with Crippen molar-refractivity contribution in [1.29, 1.82) is 0 Å². The molecular formula is C31H35N9O3S2. The molecule has 2 amide bonds. The molecule has 2 saturated heterocycles. The van der Waals surface area contributed by atoms with Crippen molar-refractivity contribution in [2.24, 2.45) is 0 Å². The van der Waals surface area contributed by atoms with E-state index in [4.69, 9.17) is 4.74 Å². The Morgan fingerprint density at radius 2 is 1.98 bits per heavy atom. The molecule has 45 heavy (non-hydrogen) atoms. The first-order valence-corrected chi connectivity index (χ1v) is 17.2. The molecule has 1 atom stereocenters. The van der Waals surface area contributed by atoms with Gasteiger partial charge in [0.1, 0.15) is 9.75 Å². The number of likely N-dealkylation sites (tertiary alicyclic amines) is 1. The molecule has 234 valence electrons. The molecule has 2 fully saturated rings. The number of amides is 2. The Morgan fingerprint density at radius 3 is 2.76 bits per heavy atom. The van der Waals surface area contributed by atoms with Gasteiger partial charge in [-0.15, -0.1) is 23.1 Å². The van der Waals surface area contributed by atoms with Gasteiger partial charge in [0.05, 0.1) is 30.2 Å². The van der Waals surface area contributed by atoms with Crippen LogP contribution in [0.3, 0.4) is 0 Å². The van der Waals surface area contributed by atoms with Gasteiger partial charge in [-0.1, -0.05) is 6.08 Å².